The van der Waals surface area contributed by atoms with Crippen LogP contribution in [0.2, 0.25) is 0 Å². The first kappa shape index (κ1) is 13.1. The monoisotopic (exact) mass is 271 g/mol. The van der Waals surface area contributed by atoms with E-state index in [1.54, 1.807) is 0 Å². The van der Waals surface area contributed by atoms with Gasteiger partial charge in [0.15, 0.2) is 0 Å². The Kier molecular flexibility index (Phi) is 3.28. The first-order valence-electron chi connectivity index (χ1n) is 5.21. The van der Waals surface area contributed by atoms with Crippen molar-refractivity contribution < 1.29 is 17.6 Å². The normalized spacial score (nSPS) is 11.4. The van der Waals surface area contributed by atoms with Crippen LogP contribution in [0.4, 0.5) is 34.8 Å². The molecule has 7 heteroatoms. The molecule has 0 fully saturated rings. The third kappa shape index (κ3) is 3.12. The van der Waals surface area contributed by atoms with Gasteiger partial charge in [-0.25, -0.2) is 9.37 Å². The minimum absolute atomic E-state index is 0.201. The summed E-state index contributed by atoms with van der Waals surface area (Å²) in [4.78, 5) is 3.82. The molecule has 0 spiro atoms. The van der Waals surface area contributed by atoms with E-state index in [4.69, 9.17) is 5.73 Å². The van der Waals surface area contributed by atoms with Crippen molar-refractivity contribution in [3.8, 4) is 0 Å². The zero-order valence-corrected chi connectivity index (χ0v) is 9.50. The maximum atomic E-state index is 13.4. The minimum atomic E-state index is -4.53. The second-order valence-electron chi connectivity index (χ2n) is 3.79. The van der Waals surface area contributed by atoms with Crippen LogP contribution >= 0.6 is 0 Å². The van der Waals surface area contributed by atoms with Crippen molar-refractivity contribution in [2.24, 2.45) is 0 Å². The number of rotatable bonds is 2. The molecule has 1 aromatic carbocycles. The second-order valence-corrected chi connectivity index (χ2v) is 3.79. The van der Waals surface area contributed by atoms with Crippen molar-refractivity contribution in [3.05, 3.63) is 47.9 Å². The number of benzene rings is 1. The van der Waals surface area contributed by atoms with E-state index >= 15 is 0 Å². The van der Waals surface area contributed by atoms with Gasteiger partial charge in [-0.2, -0.15) is 13.2 Å². The lowest BCUT2D eigenvalue weighted by atomic mass is 10.2. The van der Waals surface area contributed by atoms with Crippen LogP contribution in [-0.2, 0) is 6.18 Å². The Bertz CT molecular complexity index is 579. The Morgan fingerprint density at radius 1 is 1.11 bits per heavy atom. The standard InChI is InChI=1S/C12H9F4N3/c13-9-3-1-7(12(14,15)16)5-10(9)19-11-4-2-8(17)6-18-11/h1-6H,17H2,(H,18,19). The van der Waals surface area contributed by atoms with Crippen LogP contribution in [0.1, 0.15) is 5.56 Å². The number of pyridine rings is 1. The van der Waals surface area contributed by atoms with E-state index < -0.39 is 17.6 Å². The fourth-order valence-corrected chi connectivity index (χ4v) is 1.41. The SMILES string of the molecule is Nc1ccc(Nc2cc(C(F)(F)F)ccc2F)nc1. The quantitative estimate of drug-likeness (QED) is 0.821. The molecular formula is C12H9F4N3. The van der Waals surface area contributed by atoms with E-state index in [9.17, 15) is 17.6 Å². The van der Waals surface area contributed by atoms with Crippen LogP contribution in [0.25, 0.3) is 0 Å². The van der Waals surface area contributed by atoms with Crippen molar-refractivity contribution >= 4 is 17.2 Å². The predicted molar refractivity (Wildman–Crippen MR) is 63.3 cm³/mol. The van der Waals surface area contributed by atoms with Gasteiger partial charge in [0.05, 0.1) is 23.1 Å². The number of halogens is 4. The first-order chi connectivity index (χ1) is 8.86. The van der Waals surface area contributed by atoms with Crippen molar-refractivity contribution in [3.63, 3.8) is 0 Å². The molecule has 0 saturated carbocycles. The zero-order chi connectivity index (χ0) is 14.0. The Balaban J connectivity index is 2.31. The molecule has 2 rings (SSSR count). The summed E-state index contributed by atoms with van der Waals surface area (Å²) in [5.41, 5.74) is 4.58. The molecule has 0 unspecified atom stereocenters. The molecule has 3 nitrogen and oxygen atoms in total. The van der Waals surface area contributed by atoms with Crippen molar-refractivity contribution in [2.75, 3.05) is 11.1 Å². The topological polar surface area (TPSA) is 50.9 Å². The van der Waals surface area contributed by atoms with E-state index in [0.717, 1.165) is 6.07 Å². The average Bonchev–Trinajstić information content (AvgIpc) is 2.33. The molecule has 2 aromatic rings. The zero-order valence-electron chi connectivity index (χ0n) is 9.50. The number of hydrogen-bond acceptors (Lipinski definition) is 3. The summed E-state index contributed by atoms with van der Waals surface area (Å²) in [5.74, 6) is -0.598. The lowest BCUT2D eigenvalue weighted by Crippen LogP contribution is -2.06. The minimum Gasteiger partial charge on any atom is -0.397 e. The molecule has 1 heterocycles. The molecule has 0 aliphatic heterocycles. The lowest BCUT2D eigenvalue weighted by molar-refractivity contribution is -0.137. The van der Waals surface area contributed by atoms with Gasteiger partial charge in [-0.15, -0.1) is 0 Å². The van der Waals surface area contributed by atoms with Gasteiger partial charge >= 0.3 is 6.18 Å². The fourth-order valence-electron chi connectivity index (χ4n) is 1.41. The molecule has 0 saturated heterocycles. The first-order valence-corrected chi connectivity index (χ1v) is 5.21. The van der Waals surface area contributed by atoms with Crippen molar-refractivity contribution in [2.45, 2.75) is 6.18 Å². The van der Waals surface area contributed by atoms with Crippen LogP contribution in [0, 0.1) is 5.82 Å². The molecule has 1 aromatic heterocycles. The molecule has 0 amide bonds. The molecule has 3 N–H and O–H groups in total. The fraction of sp³-hybridized carbons (Fsp3) is 0.0833. The van der Waals surface area contributed by atoms with E-state index in [1.807, 2.05) is 0 Å². The Labute approximate surface area is 106 Å². The highest BCUT2D eigenvalue weighted by Crippen LogP contribution is 2.32. The Hall–Kier alpha value is -2.31. The van der Waals surface area contributed by atoms with Gasteiger partial charge < -0.3 is 11.1 Å². The van der Waals surface area contributed by atoms with Crippen molar-refractivity contribution in [1.82, 2.24) is 4.98 Å². The van der Waals surface area contributed by atoms with Crippen LogP contribution in [0.15, 0.2) is 36.5 Å². The summed E-state index contributed by atoms with van der Waals surface area (Å²) in [5, 5.41) is 2.47. The molecule has 0 aliphatic rings. The van der Waals surface area contributed by atoms with E-state index in [2.05, 4.69) is 10.3 Å². The Morgan fingerprint density at radius 2 is 1.84 bits per heavy atom. The van der Waals surface area contributed by atoms with Gasteiger partial charge in [0.2, 0.25) is 0 Å². The largest absolute Gasteiger partial charge is 0.416 e. The highest BCUT2D eigenvalue weighted by molar-refractivity contribution is 5.59. The summed E-state index contributed by atoms with van der Waals surface area (Å²) in [6, 6.07) is 5.06. The molecule has 0 bridgehead atoms. The molecule has 100 valence electrons. The molecule has 19 heavy (non-hydrogen) atoms. The summed E-state index contributed by atoms with van der Waals surface area (Å²) in [6.45, 7) is 0. The number of nitrogens with one attached hydrogen (secondary N) is 1. The highest BCUT2D eigenvalue weighted by atomic mass is 19.4. The molecule has 0 aliphatic carbocycles. The molecule has 0 radical (unpaired) electrons. The number of nitrogens with two attached hydrogens (primary N) is 1. The van der Waals surface area contributed by atoms with Gasteiger partial charge in [-0.1, -0.05) is 0 Å². The maximum Gasteiger partial charge on any atom is 0.416 e. The second kappa shape index (κ2) is 4.75. The van der Waals surface area contributed by atoms with Crippen molar-refractivity contribution in [1.29, 1.82) is 0 Å². The number of alkyl halides is 3. The van der Waals surface area contributed by atoms with Crippen LogP contribution < -0.4 is 11.1 Å². The number of aromatic nitrogens is 1. The lowest BCUT2D eigenvalue weighted by Gasteiger charge is -2.11. The highest BCUT2D eigenvalue weighted by Gasteiger charge is 2.31. The number of nitrogen functional groups attached to an aromatic ring is 1. The van der Waals surface area contributed by atoms with Gasteiger partial charge in [-0.05, 0) is 30.3 Å². The van der Waals surface area contributed by atoms with Crippen LogP contribution in [-0.4, -0.2) is 4.98 Å². The number of nitrogens with zero attached hydrogens (tertiary/aromatic N) is 1. The average molecular weight is 271 g/mol. The summed E-state index contributed by atoms with van der Waals surface area (Å²) in [7, 11) is 0. The maximum absolute atomic E-state index is 13.4. The van der Waals surface area contributed by atoms with Gasteiger partial charge in [0.25, 0.3) is 0 Å². The van der Waals surface area contributed by atoms with E-state index in [0.29, 0.717) is 17.8 Å². The van der Waals surface area contributed by atoms with Gasteiger partial charge in [0.1, 0.15) is 11.6 Å². The summed E-state index contributed by atoms with van der Waals surface area (Å²) < 4.78 is 51.0. The molecule has 0 atom stereocenters. The smallest absolute Gasteiger partial charge is 0.397 e. The van der Waals surface area contributed by atoms with Gasteiger partial charge in [0, 0.05) is 0 Å². The van der Waals surface area contributed by atoms with Crippen LogP contribution in [0.5, 0.6) is 0 Å². The summed E-state index contributed by atoms with van der Waals surface area (Å²) >= 11 is 0. The number of anilines is 3. The summed E-state index contributed by atoms with van der Waals surface area (Å²) in [6.07, 6.45) is -3.22. The molecular weight excluding hydrogens is 262 g/mol. The number of hydrogen-bond donors (Lipinski definition) is 2. The predicted octanol–water partition coefficient (Wildman–Crippen LogP) is 3.57. The third-order valence-electron chi connectivity index (χ3n) is 2.34. The van der Waals surface area contributed by atoms with E-state index in [1.165, 1.54) is 18.3 Å². The van der Waals surface area contributed by atoms with Crippen LogP contribution in [0.3, 0.4) is 0 Å². The Morgan fingerprint density at radius 3 is 2.42 bits per heavy atom. The third-order valence-corrected chi connectivity index (χ3v) is 2.34. The van der Waals surface area contributed by atoms with Gasteiger partial charge in [-0.3, -0.25) is 0 Å². The van der Waals surface area contributed by atoms with E-state index in [-0.39, 0.29) is 11.5 Å².